The number of benzene rings is 1. The third-order valence-electron chi connectivity index (χ3n) is 2.14. The molecule has 2 rings (SSSR count). The molecule has 2 aromatic rings. The van der Waals surface area contributed by atoms with Crippen molar-refractivity contribution in [1.29, 1.82) is 5.26 Å². The van der Waals surface area contributed by atoms with Gasteiger partial charge in [0.15, 0.2) is 5.75 Å². The molecule has 96 valence electrons. The maximum atomic E-state index is 13.3. The van der Waals surface area contributed by atoms with Crippen LogP contribution in [0, 0.1) is 17.1 Å². The number of nitrogens with zero attached hydrogens (tertiary/aromatic N) is 2. The van der Waals surface area contributed by atoms with Gasteiger partial charge in [-0.15, -0.1) is 0 Å². The largest absolute Gasteiger partial charge is 0.389 e. The minimum absolute atomic E-state index is 0.0420. The topological polar surface area (TPSA) is 70.0 Å². The molecule has 7 heteroatoms. The third-order valence-corrected chi connectivity index (χ3v) is 2.36. The summed E-state index contributed by atoms with van der Waals surface area (Å²) >= 11 is 5.68. The highest BCUT2D eigenvalue weighted by molar-refractivity contribution is 6.30. The molecule has 0 unspecified atom stereocenters. The lowest BCUT2D eigenvalue weighted by molar-refractivity contribution is 0.220. The number of aromatic nitrogens is 1. The van der Waals surface area contributed by atoms with Crippen LogP contribution in [0.2, 0.25) is 5.02 Å². The van der Waals surface area contributed by atoms with Gasteiger partial charge < -0.3 is 4.84 Å². The van der Waals surface area contributed by atoms with E-state index in [2.05, 4.69) is 16.0 Å². The van der Waals surface area contributed by atoms with Gasteiger partial charge >= 0.3 is 0 Å². The second-order valence-electron chi connectivity index (χ2n) is 3.44. The molecule has 0 amide bonds. The number of nitrogens with one attached hydrogen (secondary N) is 2. The van der Waals surface area contributed by atoms with Gasteiger partial charge in [-0.1, -0.05) is 17.2 Å². The Balaban J connectivity index is 1.91. The van der Waals surface area contributed by atoms with Crippen LogP contribution in [-0.2, 0) is 0 Å². The maximum absolute atomic E-state index is 13.3. The molecule has 0 aliphatic rings. The minimum Gasteiger partial charge on any atom is -0.389 e. The van der Waals surface area contributed by atoms with Crippen LogP contribution in [0.4, 0.5) is 10.2 Å². The van der Waals surface area contributed by atoms with E-state index in [0.29, 0.717) is 10.8 Å². The van der Waals surface area contributed by atoms with Crippen LogP contribution in [0.3, 0.4) is 0 Å². The zero-order chi connectivity index (χ0) is 13.7. The van der Waals surface area contributed by atoms with Gasteiger partial charge in [0, 0.05) is 12.3 Å². The van der Waals surface area contributed by atoms with E-state index in [9.17, 15) is 4.39 Å². The number of halogens is 2. The van der Waals surface area contributed by atoms with Crippen molar-refractivity contribution < 1.29 is 9.23 Å². The SMILES string of the molecule is N#Cc1ccc(ONNc2ccc(Cl)cn2)cc1F. The first-order valence-electron chi connectivity index (χ1n) is 5.18. The Morgan fingerprint density at radius 1 is 1.32 bits per heavy atom. The van der Waals surface area contributed by atoms with Gasteiger partial charge in [0.05, 0.1) is 10.6 Å². The van der Waals surface area contributed by atoms with E-state index in [1.54, 1.807) is 18.2 Å². The molecular formula is C12H8ClFN4O. The molecule has 0 saturated carbocycles. The molecule has 0 spiro atoms. The molecule has 0 bridgehead atoms. The summed E-state index contributed by atoms with van der Waals surface area (Å²) in [4.78, 5) is 8.99. The number of nitriles is 1. The molecule has 2 N–H and O–H groups in total. The Hall–Kier alpha value is -2.36. The van der Waals surface area contributed by atoms with E-state index in [4.69, 9.17) is 21.7 Å². The van der Waals surface area contributed by atoms with Crippen molar-refractivity contribution in [3.05, 3.63) is 52.9 Å². The summed E-state index contributed by atoms with van der Waals surface area (Å²) in [5.41, 5.74) is 4.99. The van der Waals surface area contributed by atoms with Crippen LogP contribution >= 0.6 is 11.6 Å². The van der Waals surface area contributed by atoms with Crippen molar-refractivity contribution in [3.8, 4) is 11.8 Å². The zero-order valence-corrected chi connectivity index (χ0v) is 10.3. The third kappa shape index (κ3) is 3.55. The van der Waals surface area contributed by atoms with E-state index >= 15 is 0 Å². The molecular weight excluding hydrogens is 271 g/mol. The number of pyridine rings is 1. The van der Waals surface area contributed by atoms with Gasteiger partial charge in [0.25, 0.3) is 0 Å². The number of anilines is 1. The fourth-order valence-corrected chi connectivity index (χ4v) is 1.35. The quantitative estimate of drug-likeness (QED) is 0.842. The highest BCUT2D eigenvalue weighted by Crippen LogP contribution is 2.15. The predicted molar refractivity (Wildman–Crippen MR) is 67.7 cm³/mol. The molecule has 0 radical (unpaired) electrons. The Labute approximate surface area is 113 Å². The van der Waals surface area contributed by atoms with Crippen LogP contribution < -0.4 is 15.9 Å². The molecule has 1 heterocycles. The molecule has 5 nitrogen and oxygen atoms in total. The summed E-state index contributed by atoms with van der Waals surface area (Å²) in [5, 5.41) is 9.09. The zero-order valence-electron chi connectivity index (χ0n) is 9.52. The van der Waals surface area contributed by atoms with Gasteiger partial charge in [0.2, 0.25) is 0 Å². The van der Waals surface area contributed by atoms with Crippen molar-refractivity contribution in [3.63, 3.8) is 0 Å². The fourth-order valence-electron chi connectivity index (χ4n) is 1.24. The van der Waals surface area contributed by atoms with Gasteiger partial charge in [-0.25, -0.2) is 9.37 Å². The van der Waals surface area contributed by atoms with E-state index in [0.717, 1.165) is 6.07 Å². The molecule has 0 aliphatic heterocycles. The normalized spacial score (nSPS) is 9.74. The number of rotatable bonds is 4. The number of hydrogen-bond acceptors (Lipinski definition) is 5. The Morgan fingerprint density at radius 3 is 2.79 bits per heavy atom. The van der Waals surface area contributed by atoms with E-state index < -0.39 is 5.82 Å². The molecule has 1 aromatic carbocycles. The molecule has 0 fully saturated rings. The summed E-state index contributed by atoms with van der Waals surface area (Å²) in [5.74, 6) is 0.0582. The monoisotopic (exact) mass is 278 g/mol. The second-order valence-corrected chi connectivity index (χ2v) is 3.88. The van der Waals surface area contributed by atoms with Crippen LogP contribution in [0.15, 0.2) is 36.5 Å². The molecule has 0 atom stereocenters. The lowest BCUT2D eigenvalue weighted by Gasteiger charge is -2.09. The van der Waals surface area contributed by atoms with Crippen molar-refractivity contribution in [2.24, 2.45) is 0 Å². The molecule has 0 aliphatic carbocycles. The second kappa shape index (κ2) is 6.00. The molecule has 1 aromatic heterocycles. The standard InChI is InChI=1S/C12H8ClFN4O/c13-9-2-4-12(16-7-9)17-18-19-10-3-1-8(6-15)11(14)5-10/h1-5,7,18H,(H,16,17). The predicted octanol–water partition coefficient (Wildman–Crippen LogP) is 2.66. The van der Waals surface area contributed by atoms with E-state index in [-0.39, 0.29) is 11.3 Å². The van der Waals surface area contributed by atoms with Crippen LogP contribution in [0.25, 0.3) is 0 Å². The first-order chi connectivity index (χ1) is 9.19. The van der Waals surface area contributed by atoms with Crippen LogP contribution in [0.5, 0.6) is 5.75 Å². The molecule has 0 saturated heterocycles. The van der Waals surface area contributed by atoms with E-state index in [1.165, 1.54) is 18.3 Å². The van der Waals surface area contributed by atoms with Gasteiger partial charge in [0.1, 0.15) is 17.7 Å². The summed E-state index contributed by atoms with van der Waals surface area (Å²) in [6, 6.07) is 8.90. The highest BCUT2D eigenvalue weighted by Gasteiger charge is 2.03. The lowest BCUT2D eigenvalue weighted by Crippen LogP contribution is -2.26. The van der Waals surface area contributed by atoms with E-state index in [1.807, 2.05) is 0 Å². The first-order valence-corrected chi connectivity index (χ1v) is 5.56. The van der Waals surface area contributed by atoms with Gasteiger partial charge in [-0.3, -0.25) is 5.43 Å². The number of hydrazine groups is 1. The van der Waals surface area contributed by atoms with Gasteiger partial charge in [-0.2, -0.15) is 5.26 Å². The maximum Gasteiger partial charge on any atom is 0.152 e. The number of hydrogen-bond donors (Lipinski definition) is 2. The van der Waals surface area contributed by atoms with Crippen molar-refractivity contribution in [1.82, 2.24) is 10.6 Å². The highest BCUT2D eigenvalue weighted by atomic mass is 35.5. The van der Waals surface area contributed by atoms with Crippen molar-refractivity contribution in [2.75, 3.05) is 5.43 Å². The lowest BCUT2D eigenvalue weighted by atomic mass is 10.2. The summed E-state index contributed by atoms with van der Waals surface area (Å²) in [7, 11) is 0. The van der Waals surface area contributed by atoms with Crippen molar-refractivity contribution in [2.45, 2.75) is 0 Å². The average Bonchev–Trinajstić information content (AvgIpc) is 2.41. The Morgan fingerprint density at radius 2 is 2.16 bits per heavy atom. The summed E-state index contributed by atoms with van der Waals surface area (Å²) in [6.07, 6.45) is 1.47. The van der Waals surface area contributed by atoms with Crippen LogP contribution in [-0.4, -0.2) is 4.98 Å². The van der Waals surface area contributed by atoms with Crippen LogP contribution in [0.1, 0.15) is 5.56 Å². The van der Waals surface area contributed by atoms with Gasteiger partial charge in [-0.05, 0) is 24.3 Å². The Kier molecular flexibility index (Phi) is 4.13. The Bertz CT molecular complexity index is 612. The summed E-state index contributed by atoms with van der Waals surface area (Å²) < 4.78 is 13.3. The average molecular weight is 279 g/mol. The molecule has 19 heavy (non-hydrogen) atoms. The fraction of sp³-hybridized carbons (Fsp3) is 0. The minimum atomic E-state index is -0.647. The first kappa shape index (κ1) is 13.1. The summed E-state index contributed by atoms with van der Waals surface area (Å²) in [6.45, 7) is 0. The van der Waals surface area contributed by atoms with Crippen molar-refractivity contribution >= 4 is 17.4 Å². The smallest absolute Gasteiger partial charge is 0.152 e.